The lowest BCUT2D eigenvalue weighted by Crippen LogP contribution is -2.54. The molecule has 4 aromatic rings. The van der Waals surface area contributed by atoms with Gasteiger partial charge in [0.05, 0.1) is 34.6 Å². The lowest BCUT2D eigenvalue weighted by atomic mass is 10.1. The number of aromatic nitrogens is 2. The Kier molecular flexibility index (Phi) is 7.41. The van der Waals surface area contributed by atoms with Crippen molar-refractivity contribution in [2.45, 2.75) is 30.8 Å². The first kappa shape index (κ1) is 26.6. The summed E-state index contributed by atoms with van der Waals surface area (Å²) in [4.78, 5) is 21.2. The molecule has 0 N–H and O–H groups in total. The van der Waals surface area contributed by atoms with Gasteiger partial charge in [0, 0.05) is 30.1 Å². The molecule has 0 amide bonds. The first-order valence-electron chi connectivity index (χ1n) is 12.4. The molecule has 1 aliphatic heterocycles. The van der Waals surface area contributed by atoms with E-state index in [0.29, 0.717) is 47.8 Å². The Morgan fingerprint density at radius 2 is 1.68 bits per heavy atom. The van der Waals surface area contributed by atoms with Crippen LogP contribution in [0, 0.1) is 0 Å². The summed E-state index contributed by atoms with van der Waals surface area (Å²) in [6.07, 6.45) is 0. The summed E-state index contributed by atoms with van der Waals surface area (Å²) < 4.78 is 36.3. The maximum absolute atomic E-state index is 13.8. The number of halogens is 1. The molecule has 3 aromatic carbocycles. The Morgan fingerprint density at radius 1 is 1.00 bits per heavy atom. The van der Waals surface area contributed by atoms with Gasteiger partial charge in [-0.2, -0.15) is 4.31 Å². The van der Waals surface area contributed by atoms with Crippen LogP contribution in [0.1, 0.15) is 25.7 Å². The molecular weight excluding hydrogens is 568 g/mol. The van der Waals surface area contributed by atoms with Crippen LogP contribution in [0.3, 0.4) is 0 Å². The summed E-state index contributed by atoms with van der Waals surface area (Å²) in [5.74, 6) is 1.15. The number of para-hydroxylation sites is 3. The van der Waals surface area contributed by atoms with E-state index in [9.17, 15) is 13.2 Å². The number of benzene rings is 3. The van der Waals surface area contributed by atoms with E-state index in [-0.39, 0.29) is 22.5 Å². The van der Waals surface area contributed by atoms with Gasteiger partial charge in [-0.1, -0.05) is 40.2 Å². The smallest absolute Gasteiger partial charge is 0.266 e. The second-order valence-corrected chi connectivity index (χ2v) is 12.2. The summed E-state index contributed by atoms with van der Waals surface area (Å²) in [5.41, 5.74) is 1.06. The van der Waals surface area contributed by atoms with Crippen molar-refractivity contribution >= 4 is 36.9 Å². The van der Waals surface area contributed by atoms with Crippen LogP contribution in [0.15, 0.2) is 87.0 Å². The zero-order valence-corrected chi connectivity index (χ0v) is 23.8. The number of hydrogen-bond acceptors (Lipinski definition) is 6. The molecule has 1 fully saturated rings. The number of ether oxygens (including phenoxy) is 1. The number of hydrogen-bond donors (Lipinski definition) is 0. The van der Waals surface area contributed by atoms with E-state index >= 15 is 0 Å². The van der Waals surface area contributed by atoms with Gasteiger partial charge in [0.2, 0.25) is 10.0 Å². The predicted octanol–water partition coefficient (Wildman–Crippen LogP) is 4.61. The molecule has 38 heavy (non-hydrogen) atoms. The quantitative estimate of drug-likeness (QED) is 0.323. The van der Waals surface area contributed by atoms with Crippen molar-refractivity contribution in [3.8, 4) is 11.4 Å². The maximum atomic E-state index is 13.8. The van der Waals surface area contributed by atoms with Crippen LogP contribution in [0.25, 0.3) is 16.6 Å². The maximum Gasteiger partial charge on any atom is 0.266 e. The zero-order chi connectivity index (χ0) is 27.0. The normalized spacial score (nSPS) is 17.9. The fraction of sp³-hybridized carbons (Fsp3) is 0.286. The SMILES string of the molecule is COc1ccccc1-n1c(C(C)N2CCN(S(=O)(=O)c3ccc(Br)cc3)C(C)C2)nc2ccccc2c1=O. The molecule has 2 heterocycles. The Bertz CT molecular complexity index is 1640. The minimum absolute atomic E-state index is 0.175. The highest BCUT2D eigenvalue weighted by Crippen LogP contribution is 2.30. The average Bonchev–Trinajstić information content (AvgIpc) is 2.92. The summed E-state index contributed by atoms with van der Waals surface area (Å²) >= 11 is 3.36. The van der Waals surface area contributed by atoms with Gasteiger partial charge in [-0.25, -0.2) is 13.4 Å². The highest BCUT2D eigenvalue weighted by atomic mass is 79.9. The topological polar surface area (TPSA) is 84.7 Å². The van der Waals surface area contributed by atoms with E-state index in [1.165, 1.54) is 0 Å². The summed E-state index contributed by atoms with van der Waals surface area (Å²) in [6, 6.07) is 20.9. The summed E-state index contributed by atoms with van der Waals surface area (Å²) in [7, 11) is -2.06. The fourth-order valence-electron chi connectivity index (χ4n) is 5.06. The van der Waals surface area contributed by atoms with Crippen molar-refractivity contribution in [1.82, 2.24) is 18.8 Å². The van der Waals surface area contributed by atoms with Crippen molar-refractivity contribution in [2.24, 2.45) is 0 Å². The average molecular weight is 598 g/mol. The molecule has 0 aliphatic carbocycles. The lowest BCUT2D eigenvalue weighted by molar-refractivity contribution is 0.104. The van der Waals surface area contributed by atoms with E-state index in [4.69, 9.17) is 9.72 Å². The van der Waals surface area contributed by atoms with Crippen molar-refractivity contribution in [1.29, 1.82) is 0 Å². The van der Waals surface area contributed by atoms with Crippen LogP contribution in [-0.2, 0) is 10.0 Å². The van der Waals surface area contributed by atoms with E-state index < -0.39 is 10.0 Å². The molecule has 1 saturated heterocycles. The van der Waals surface area contributed by atoms with Gasteiger partial charge in [-0.05, 0) is 62.4 Å². The van der Waals surface area contributed by atoms with Gasteiger partial charge in [-0.15, -0.1) is 0 Å². The minimum Gasteiger partial charge on any atom is -0.495 e. The van der Waals surface area contributed by atoms with Crippen LogP contribution in [0.5, 0.6) is 5.75 Å². The molecule has 0 bridgehead atoms. The fourth-order valence-corrected chi connectivity index (χ4v) is 6.94. The highest BCUT2D eigenvalue weighted by Gasteiger charge is 2.36. The summed E-state index contributed by atoms with van der Waals surface area (Å²) in [6.45, 7) is 5.24. The Morgan fingerprint density at radius 3 is 2.39 bits per heavy atom. The van der Waals surface area contributed by atoms with E-state index in [2.05, 4.69) is 20.8 Å². The molecule has 5 rings (SSSR count). The molecule has 2 unspecified atom stereocenters. The molecule has 1 aromatic heterocycles. The van der Waals surface area contributed by atoms with Crippen molar-refractivity contribution < 1.29 is 13.2 Å². The number of rotatable bonds is 6. The van der Waals surface area contributed by atoms with Crippen molar-refractivity contribution in [3.63, 3.8) is 0 Å². The predicted molar refractivity (Wildman–Crippen MR) is 151 cm³/mol. The van der Waals surface area contributed by atoms with Crippen LogP contribution in [0.4, 0.5) is 0 Å². The van der Waals surface area contributed by atoms with E-state index in [0.717, 1.165) is 4.47 Å². The largest absolute Gasteiger partial charge is 0.495 e. The standard InChI is InChI=1S/C28H29BrN4O4S/c1-19-18-31(16-17-32(19)38(35,36)22-14-12-21(29)13-15-22)20(2)27-30-24-9-5-4-8-23(24)28(34)33(27)25-10-6-7-11-26(25)37-3/h4-15,19-20H,16-18H2,1-3H3. The van der Waals surface area contributed by atoms with Crippen LogP contribution in [0.2, 0.25) is 0 Å². The van der Waals surface area contributed by atoms with E-state index in [1.807, 2.05) is 56.3 Å². The minimum atomic E-state index is -3.64. The second-order valence-electron chi connectivity index (χ2n) is 9.39. The third-order valence-corrected chi connectivity index (χ3v) is 9.62. The van der Waals surface area contributed by atoms with Gasteiger partial charge in [0.15, 0.2) is 0 Å². The first-order chi connectivity index (χ1) is 18.2. The van der Waals surface area contributed by atoms with Gasteiger partial charge < -0.3 is 4.74 Å². The summed E-state index contributed by atoms with van der Waals surface area (Å²) in [5, 5.41) is 0.521. The number of piperazine rings is 1. The number of sulfonamides is 1. The molecule has 1 aliphatic rings. The van der Waals surface area contributed by atoms with E-state index in [1.54, 1.807) is 46.3 Å². The van der Waals surface area contributed by atoms with Crippen LogP contribution >= 0.6 is 15.9 Å². The second kappa shape index (κ2) is 10.6. The van der Waals surface area contributed by atoms with Gasteiger partial charge in [-0.3, -0.25) is 14.3 Å². The van der Waals surface area contributed by atoms with Crippen molar-refractivity contribution in [2.75, 3.05) is 26.7 Å². The molecule has 0 spiro atoms. The lowest BCUT2D eigenvalue weighted by Gasteiger charge is -2.41. The van der Waals surface area contributed by atoms with Gasteiger partial charge in [0.1, 0.15) is 11.6 Å². The molecule has 0 radical (unpaired) electrons. The van der Waals surface area contributed by atoms with Gasteiger partial charge in [0.25, 0.3) is 5.56 Å². The van der Waals surface area contributed by atoms with Gasteiger partial charge >= 0.3 is 0 Å². The zero-order valence-electron chi connectivity index (χ0n) is 21.4. The van der Waals surface area contributed by atoms with Crippen molar-refractivity contribution in [3.05, 3.63) is 93.4 Å². The number of nitrogens with zero attached hydrogens (tertiary/aromatic N) is 4. The molecule has 8 nitrogen and oxygen atoms in total. The Labute approximate surface area is 230 Å². The monoisotopic (exact) mass is 596 g/mol. The first-order valence-corrected chi connectivity index (χ1v) is 14.6. The third kappa shape index (κ3) is 4.77. The highest BCUT2D eigenvalue weighted by molar-refractivity contribution is 9.10. The molecule has 198 valence electrons. The third-order valence-electron chi connectivity index (χ3n) is 7.07. The molecule has 10 heteroatoms. The van der Waals surface area contributed by atoms with Crippen LogP contribution in [-0.4, -0.2) is 60.0 Å². The Balaban J connectivity index is 1.52. The Hall–Kier alpha value is -3.05. The number of fused-ring (bicyclic) bond motifs is 1. The molecule has 0 saturated carbocycles. The van der Waals surface area contributed by atoms with Crippen LogP contribution < -0.4 is 10.3 Å². The molecular formula is C28H29BrN4O4S. The molecule has 2 atom stereocenters. The number of methoxy groups -OCH3 is 1.